The smallest absolute Gasteiger partial charge is 0.319 e. The van der Waals surface area contributed by atoms with Crippen LogP contribution >= 0.6 is 11.5 Å². The van der Waals surface area contributed by atoms with Crippen molar-refractivity contribution >= 4 is 28.5 Å². The van der Waals surface area contributed by atoms with Crippen molar-refractivity contribution in [2.45, 2.75) is 26.4 Å². The number of amides is 3. The summed E-state index contributed by atoms with van der Waals surface area (Å²) in [4.78, 5) is 26.3. The maximum Gasteiger partial charge on any atom is 0.319 e. The average Bonchev–Trinajstić information content (AvgIpc) is 3.33. The number of anilines is 1. The molecule has 0 unspecified atom stereocenters. The topological polar surface area (TPSA) is 110 Å². The van der Waals surface area contributed by atoms with Crippen molar-refractivity contribution in [3.05, 3.63) is 40.7 Å². The van der Waals surface area contributed by atoms with E-state index in [0.29, 0.717) is 17.7 Å². The summed E-state index contributed by atoms with van der Waals surface area (Å²) in [5, 5.41) is 5.53. The maximum atomic E-state index is 14.1. The predicted octanol–water partition coefficient (Wildman–Crippen LogP) is 2.49. The minimum absolute atomic E-state index is 0.0299. The Kier molecular flexibility index (Phi) is 6.99. The van der Waals surface area contributed by atoms with Crippen LogP contribution < -0.4 is 21.1 Å². The summed E-state index contributed by atoms with van der Waals surface area (Å²) in [6, 6.07) is 4.51. The minimum atomic E-state index is -0.786. The van der Waals surface area contributed by atoms with Crippen molar-refractivity contribution in [2.75, 3.05) is 31.5 Å². The lowest BCUT2D eigenvalue weighted by Gasteiger charge is -2.14. The van der Waals surface area contributed by atoms with Crippen molar-refractivity contribution in [1.82, 2.24) is 14.6 Å². The zero-order valence-corrected chi connectivity index (χ0v) is 17.0. The van der Waals surface area contributed by atoms with Crippen molar-refractivity contribution in [3.8, 4) is 5.88 Å². The van der Waals surface area contributed by atoms with Gasteiger partial charge in [0.15, 0.2) is 0 Å². The van der Waals surface area contributed by atoms with E-state index in [1.165, 1.54) is 12.8 Å². The summed E-state index contributed by atoms with van der Waals surface area (Å²) >= 11 is 0.882. The number of likely N-dealkylation sites (tertiary alicyclic amines) is 1. The van der Waals surface area contributed by atoms with Crippen LogP contribution in [-0.2, 0) is 6.61 Å². The number of carbonyl (C=O) groups is 2. The van der Waals surface area contributed by atoms with E-state index in [2.05, 4.69) is 19.9 Å². The fraction of sp³-hybridized carbons (Fsp3) is 0.421. The molecule has 1 aliphatic rings. The van der Waals surface area contributed by atoms with Crippen LogP contribution in [0.4, 0.5) is 14.2 Å². The normalized spacial score (nSPS) is 14.0. The Morgan fingerprint density at radius 2 is 2.10 bits per heavy atom. The number of nitrogens with two attached hydrogens (primary N) is 1. The van der Waals surface area contributed by atoms with E-state index in [1.54, 1.807) is 25.1 Å². The molecule has 0 bridgehead atoms. The zero-order valence-electron chi connectivity index (χ0n) is 16.2. The Bertz CT molecular complexity index is 883. The van der Waals surface area contributed by atoms with E-state index in [9.17, 15) is 14.0 Å². The van der Waals surface area contributed by atoms with E-state index in [1.807, 2.05) is 0 Å². The van der Waals surface area contributed by atoms with Gasteiger partial charge in [0.1, 0.15) is 23.0 Å². The highest BCUT2D eigenvalue weighted by Crippen LogP contribution is 2.31. The molecule has 156 valence electrons. The molecule has 3 amide bonds. The number of rotatable bonds is 8. The predicted molar refractivity (Wildman–Crippen MR) is 109 cm³/mol. The van der Waals surface area contributed by atoms with Crippen LogP contribution in [0.2, 0.25) is 0 Å². The summed E-state index contributed by atoms with van der Waals surface area (Å²) in [6.45, 7) is 4.90. The van der Waals surface area contributed by atoms with Gasteiger partial charge in [0.2, 0.25) is 5.88 Å². The Balaban J connectivity index is 1.59. The van der Waals surface area contributed by atoms with Crippen molar-refractivity contribution in [3.63, 3.8) is 0 Å². The average molecular weight is 421 g/mol. The van der Waals surface area contributed by atoms with Crippen molar-refractivity contribution in [1.29, 1.82) is 0 Å². The van der Waals surface area contributed by atoms with E-state index in [-0.39, 0.29) is 28.9 Å². The molecular formula is C19H24FN5O3S. The lowest BCUT2D eigenvalue weighted by Crippen LogP contribution is -2.36. The van der Waals surface area contributed by atoms with Gasteiger partial charge in [-0.25, -0.2) is 9.18 Å². The molecule has 2 aromatic rings. The van der Waals surface area contributed by atoms with Gasteiger partial charge >= 0.3 is 6.03 Å². The quantitative estimate of drug-likeness (QED) is 0.607. The molecule has 8 nitrogen and oxygen atoms in total. The highest BCUT2D eigenvalue weighted by molar-refractivity contribution is 7.11. The minimum Gasteiger partial charge on any atom is -0.471 e. The molecule has 10 heteroatoms. The number of ether oxygens (including phenoxy) is 1. The van der Waals surface area contributed by atoms with Crippen LogP contribution in [0.1, 0.15) is 34.3 Å². The number of aromatic nitrogens is 1. The number of hydrogen-bond acceptors (Lipinski definition) is 6. The van der Waals surface area contributed by atoms with Gasteiger partial charge in [0, 0.05) is 18.7 Å². The molecule has 1 aliphatic heterocycles. The lowest BCUT2D eigenvalue weighted by atomic mass is 10.1. The van der Waals surface area contributed by atoms with Crippen molar-refractivity contribution in [2.24, 2.45) is 5.73 Å². The summed E-state index contributed by atoms with van der Waals surface area (Å²) in [6.07, 6.45) is 2.37. The van der Waals surface area contributed by atoms with Crippen LogP contribution in [0.25, 0.3) is 0 Å². The van der Waals surface area contributed by atoms with Crippen LogP contribution in [-0.4, -0.2) is 47.4 Å². The number of carbonyl (C=O) groups excluding carboxylic acids is 2. The molecule has 1 saturated heterocycles. The third-order valence-corrected chi connectivity index (χ3v) is 5.43. The molecule has 0 aliphatic carbocycles. The second-order valence-electron chi connectivity index (χ2n) is 6.82. The number of halogens is 1. The molecule has 4 N–H and O–H groups in total. The largest absolute Gasteiger partial charge is 0.471 e. The second kappa shape index (κ2) is 9.66. The summed E-state index contributed by atoms with van der Waals surface area (Å²) in [7, 11) is 0. The van der Waals surface area contributed by atoms with E-state index >= 15 is 0 Å². The SMILES string of the molecule is Cc1cccc(COc2nsc(NC(=O)NCCN3CCCC3)c2C(N)=O)c1F. The molecule has 3 rings (SSSR count). The van der Waals surface area contributed by atoms with E-state index in [0.717, 1.165) is 31.2 Å². The molecule has 2 heterocycles. The second-order valence-corrected chi connectivity index (χ2v) is 7.60. The molecule has 29 heavy (non-hydrogen) atoms. The molecule has 0 atom stereocenters. The van der Waals surface area contributed by atoms with Gasteiger partial charge in [0.25, 0.3) is 5.91 Å². The number of aryl methyl sites for hydroxylation is 1. The molecule has 1 aromatic carbocycles. The standard InChI is InChI=1S/C19H24FN5O3S/c1-12-5-4-6-13(15(12)20)11-28-17-14(16(21)26)18(29-24-17)23-19(27)22-7-10-25-8-2-3-9-25/h4-6H,2-3,7-11H2,1H3,(H2,21,26)(H2,22,23,27). The highest BCUT2D eigenvalue weighted by Gasteiger charge is 2.22. The van der Waals surface area contributed by atoms with Gasteiger partial charge in [-0.3, -0.25) is 10.1 Å². The lowest BCUT2D eigenvalue weighted by molar-refractivity contribution is 0.0996. The fourth-order valence-electron chi connectivity index (χ4n) is 3.12. The molecule has 0 spiro atoms. The van der Waals surface area contributed by atoms with Gasteiger partial charge in [-0.05, 0) is 50.0 Å². The van der Waals surface area contributed by atoms with Gasteiger partial charge in [-0.2, -0.15) is 4.37 Å². The summed E-state index contributed by atoms with van der Waals surface area (Å²) in [5.41, 5.74) is 6.24. The van der Waals surface area contributed by atoms with Crippen LogP contribution in [0, 0.1) is 12.7 Å². The summed E-state index contributed by atoms with van der Waals surface area (Å²) < 4.78 is 23.7. The molecule has 0 radical (unpaired) electrons. The van der Waals surface area contributed by atoms with Gasteiger partial charge in [-0.15, -0.1) is 0 Å². The van der Waals surface area contributed by atoms with Crippen LogP contribution in [0.3, 0.4) is 0 Å². The highest BCUT2D eigenvalue weighted by atomic mass is 32.1. The molecule has 1 aromatic heterocycles. The molecule has 1 fully saturated rings. The number of benzene rings is 1. The first kappa shape index (κ1) is 21.0. The Morgan fingerprint density at radius 3 is 2.83 bits per heavy atom. The zero-order chi connectivity index (χ0) is 20.8. The van der Waals surface area contributed by atoms with Gasteiger partial charge in [0.05, 0.1) is 0 Å². The number of urea groups is 1. The number of hydrogen-bond donors (Lipinski definition) is 3. The Morgan fingerprint density at radius 1 is 1.34 bits per heavy atom. The third-order valence-electron chi connectivity index (χ3n) is 4.68. The van der Waals surface area contributed by atoms with Crippen LogP contribution in [0.5, 0.6) is 5.88 Å². The molecule has 0 saturated carbocycles. The van der Waals surface area contributed by atoms with Crippen LogP contribution in [0.15, 0.2) is 18.2 Å². The number of nitrogens with zero attached hydrogens (tertiary/aromatic N) is 2. The first-order valence-corrected chi connectivity index (χ1v) is 10.2. The molecular weight excluding hydrogens is 397 g/mol. The monoisotopic (exact) mass is 421 g/mol. The first-order valence-electron chi connectivity index (χ1n) is 9.39. The maximum absolute atomic E-state index is 14.1. The summed E-state index contributed by atoms with van der Waals surface area (Å²) in [5.74, 6) is -1.19. The number of nitrogens with one attached hydrogen (secondary N) is 2. The third kappa shape index (κ3) is 5.42. The van der Waals surface area contributed by atoms with Crippen molar-refractivity contribution < 1.29 is 18.7 Å². The van der Waals surface area contributed by atoms with Gasteiger partial charge in [-0.1, -0.05) is 18.2 Å². The number of primary amides is 1. The first-order chi connectivity index (χ1) is 14.0. The van der Waals surface area contributed by atoms with Gasteiger partial charge < -0.3 is 20.7 Å². The van der Waals surface area contributed by atoms with E-state index in [4.69, 9.17) is 10.5 Å². The fourth-order valence-corrected chi connectivity index (χ4v) is 3.86. The Labute approximate surface area is 172 Å². The van der Waals surface area contributed by atoms with E-state index < -0.39 is 11.9 Å². The Hall–Kier alpha value is -2.72.